The van der Waals surface area contributed by atoms with Crippen molar-refractivity contribution in [3.8, 4) is 0 Å². The average molecular weight is 345 g/mol. The molecule has 0 radical (unpaired) electrons. The number of para-hydroxylation sites is 1. The van der Waals surface area contributed by atoms with Gasteiger partial charge in [-0.3, -0.25) is 14.7 Å². The molecule has 2 heterocycles. The average Bonchev–Trinajstić information content (AvgIpc) is 2.63. The van der Waals surface area contributed by atoms with Crippen LogP contribution in [0.15, 0.2) is 48.8 Å². The van der Waals surface area contributed by atoms with Crippen LogP contribution in [0.5, 0.6) is 0 Å². The van der Waals surface area contributed by atoms with Crippen molar-refractivity contribution in [2.24, 2.45) is 0 Å². The van der Waals surface area contributed by atoms with Crippen molar-refractivity contribution in [3.63, 3.8) is 0 Å². The zero-order valence-electron chi connectivity index (χ0n) is 13.4. The minimum Gasteiger partial charge on any atom is -0.325 e. The van der Waals surface area contributed by atoms with Crippen molar-refractivity contribution in [1.29, 1.82) is 0 Å². The van der Waals surface area contributed by atoms with Crippen LogP contribution < -0.4 is 10.6 Å². The number of piperazine rings is 1. The van der Waals surface area contributed by atoms with Crippen LogP contribution >= 0.6 is 11.6 Å². The molecule has 5 nitrogen and oxygen atoms in total. The van der Waals surface area contributed by atoms with Gasteiger partial charge in [0.25, 0.3) is 0 Å². The van der Waals surface area contributed by atoms with Gasteiger partial charge < -0.3 is 10.6 Å². The predicted octanol–water partition coefficient (Wildman–Crippen LogP) is 2.71. The molecule has 3 rings (SSSR count). The van der Waals surface area contributed by atoms with Gasteiger partial charge in [0.15, 0.2) is 0 Å². The summed E-state index contributed by atoms with van der Waals surface area (Å²) in [6.45, 7) is 3.43. The van der Waals surface area contributed by atoms with Crippen molar-refractivity contribution in [3.05, 3.63) is 59.4 Å². The lowest BCUT2D eigenvalue weighted by atomic mass is 10.1. The molecule has 1 atom stereocenters. The van der Waals surface area contributed by atoms with Gasteiger partial charge in [0.2, 0.25) is 5.91 Å². The van der Waals surface area contributed by atoms with Crippen LogP contribution in [-0.2, 0) is 4.79 Å². The fraction of sp³-hybridized carbons (Fsp3) is 0.333. The molecule has 6 heteroatoms. The number of halogens is 1. The summed E-state index contributed by atoms with van der Waals surface area (Å²) < 4.78 is 0. The summed E-state index contributed by atoms with van der Waals surface area (Å²) in [6, 6.07) is 11.6. The highest BCUT2D eigenvalue weighted by molar-refractivity contribution is 6.33. The Hall–Kier alpha value is -1.95. The van der Waals surface area contributed by atoms with E-state index < -0.39 is 0 Å². The summed E-state index contributed by atoms with van der Waals surface area (Å²) in [5.74, 6) is -0.0217. The maximum Gasteiger partial charge on any atom is 0.225 e. The van der Waals surface area contributed by atoms with E-state index in [2.05, 4.69) is 26.6 Å². The quantitative estimate of drug-likeness (QED) is 0.875. The number of benzene rings is 1. The van der Waals surface area contributed by atoms with Crippen molar-refractivity contribution in [1.82, 2.24) is 15.2 Å². The molecule has 2 aromatic rings. The molecule has 0 saturated carbocycles. The molecule has 0 bridgehead atoms. The third-order valence-electron chi connectivity index (χ3n) is 4.20. The SMILES string of the molecule is O=C(CCN1CCNCC1c1cccnc1)Nc1ccccc1Cl. The first-order valence-corrected chi connectivity index (χ1v) is 8.51. The number of amides is 1. The van der Waals surface area contributed by atoms with Crippen molar-refractivity contribution < 1.29 is 4.79 Å². The number of carbonyl (C=O) groups excluding carboxylic acids is 1. The second-order valence-electron chi connectivity index (χ2n) is 5.82. The van der Waals surface area contributed by atoms with E-state index in [1.54, 1.807) is 12.3 Å². The molecule has 24 heavy (non-hydrogen) atoms. The van der Waals surface area contributed by atoms with Crippen LogP contribution in [0.4, 0.5) is 5.69 Å². The van der Waals surface area contributed by atoms with E-state index in [1.165, 1.54) is 5.56 Å². The van der Waals surface area contributed by atoms with Crippen molar-refractivity contribution >= 4 is 23.2 Å². The molecule has 1 aromatic carbocycles. The second-order valence-corrected chi connectivity index (χ2v) is 6.23. The fourth-order valence-corrected chi connectivity index (χ4v) is 3.12. The number of aromatic nitrogens is 1. The van der Waals surface area contributed by atoms with E-state index in [0.717, 1.165) is 19.6 Å². The van der Waals surface area contributed by atoms with Gasteiger partial charge >= 0.3 is 0 Å². The smallest absolute Gasteiger partial charge is 0.225 e. The van der Waals surface area contributed by atoms with Crippen LogP contribution in [0.1, 0.15) is 18.0 Å². The minimum absolute atomic E-state index is 0.0217. The first-order chi connectivity index (χ1) is 11.7. The molecule has 1 aromatic heterocycles. The highest BCUT2D eigenvalue weighted by Crippen LogP contribution is 2.23. The lowest BCUT2D eigenvalue weighted by molar-refractivity contribution is -0.116. The zero-order chi connectivity index (χ0) is 16.8. The molecular weight excluding hydrogens is 324 g/mol. The number of hydrogen-bond acceptors (Lipinski definition) is 4. The minimum atomic E-state index is -0.0217. The number of carbonyl (C=O) groups is 1. The molecule has 1 aliphatic heterocycles. The Balaban J connectivity index is 1.58. The lowest BCUT2D eigenvalue weighted by Gasteiger charge is -2.36. The van der Waals surface area contributed by atoms with Gasteiger partial charge in [0.1, 0.15) is 0 Å². The monoisotopic (exact) mass is 344 g/mol. The Morgan fingerprint density at radius 3 is 3.00 bits per heavy atom. The van der Waals surface area contributed by atoms with Gasteiger partial charge in [-0.05, 0) is 23.8 Å². The van der Waals surface area contributed by atoms with Gasteiger partial charge in [0.05, 0.1) is 10.7 Å². The number of rotatable bonds is 5. The Morgan fingerprint density at radius 1 is 1.33 bits per heavy atom. The normalized spacial score (nSPS) is 18.3. The molecule has 1 fully saturated rings. The number of anilines is 1. The maximum atomic E-state index is 12.2. The van der Waals surface area contributed by atoms with Gasteiger partial charge in [-0.1, -0.05) is 29.8 Å². The van der Waals surface area contributed by atoms with E-state index in [4.69, 9.17) is 11.6 Å². The second kappa shape index (κ2) is 8.24. The topological polar surface area (TPSA) is 57.3 Å². The number of nitrogens with one attached hydrogen (secondary N) is 2. The maximum absolute atomic E-state index is 12.2. The molecule has 0 spiro atoms. The van der Waals surface area contributed by atoms with Crippen LogP contribution in [-0.4, -0.2) is 42.0 Å². The number of nitrogens with zero attached hydrogens (tertiary/aromatic N) is 2. The summed E-state index contributed by atoms with van der Waals surface area (Å²) in [5.41, 5.74) is 1.84. The summed E-state index contributed by atoms with van der Waals surface area (Å²) in [7, 11) is 0. The highest BCUT2D eigenvalue weighted by atomic mass is 35.5. The van der Waals surface area contributed by atoms with E-state index in [-0.39, 0.29) is 11.9 Å². The van der Waals surface area contributed by atoms with Crippen LogP contribution in [0.25, 0.3) is 0 Å². The van der Waals surface area contributed by atoms with E-state index in [9.17, 15) is 4.79 Å². The first-order valence-electron chi connectivity index (χ1n) is 8.13. The summed E-state index contributed by atoms with van der Waals surface area (Å²) in [6.07, 6.45) is 4.11. The molecular formula is C18H21ClN4O. The number of pyridine rings is 1. The summed E-state index contributed by atoms with van der Waals surface area (Å²) in [4.78, 5) is 18.8. The molecule has 1 unspecified atom stereocenters. The molecule has 0 aliphatic carbocycles. The molecule has 1 saturated heterocycles. The Morgan fingerprint density at radius 2 is 2.21 bits per heavy atom. The highest BCUT2D eigenvalue weighted by Gasteiger charge is 2.24. The molecule has 126 valence electrons. The van der Waals surface area contributed by atoms with Crippen LogP contribution in [0.3, 0.4) is 0 Å². The summed E-state index contributed by atoms with van der Waals surface area (Å²) >= 11 is 6.08. The van der Waals surface area contributed by atoms with Crippen molar-refractivity contribution in [2.45, 2.75) is 12.5 Å². The van der Waals surface area contributed by atoms with Gasteiger partial charge in [-0.2, -0.15) is 0 Å². The Bertz CT molecular complexity index is 680. The third kappa shape index (κ3) is 4.32. The molecule has 1 aliphatic rings. The first kappa shape index (κ1) is 16.9. The fourth-order valence-electron chi connectivity index (χ4n) is 2.94. The summed E-state index contributed by atoms with van der Waals surface area (Å²) in [5, 5.41) is 6.85. The van der Waals surface area contributed by atoms with Gasteiger partial charge in [-0.25, -0.2) is 0 Å². The van der Waals surface area contributed by atoms with E-state index in [0.29, 0.717) is 23.7 Å². The molecule has 1 amide bonds. The number of hydrogen-bond donors (Lipinski definition) is 2. The Labute approximate surface area is 147 Å². The molecule has 2 N–H and O–H groups in total. The van der Waals surface area contributed by atoms with Crippen molar-refractivity contribution in [2.75, 3.05) is 31.5 Å². The third-order valence-corrected chi connectivity index (χ3v) is 4.53. The lowest BCUT2D eigenvalue weighted by Crippen LogP contribution is -2.46. The van der Waals surface area contributed by atoms with Crippen LogP contribution in [0.2, 0.25) is 5.02 Å². The predicted molar refractivity (Wildman–Crippen MR) is 96.1 cm³/mol. The van der Waals surface area contributed by atoms with Crippen LogP contribution in [0, 0.1) is 0 Å². The van der Waals surface area contributed by atoms with Gasteiger partial charge in [-0.15, -0.1) is 0 Å². The van der Waals surface area contributed by atoms with E-state index >= 15 is 0 Å². The standard InChI is InChI=1S/C18H21ClN4O/c19-15-5-1-2-6-16(15)22-18(24)7-10-23-11-9-21-13-17(23)14-4-3-8-20-12-14/h1-6,8,12,17,21H,7,9-11,13H2,(H,22,24). The zero-order valence-corrected chi connectivity index (χ0v) is 14.2. The van der Waals surface area contributed by atoms with E-state index in [1.807, 2.05) is 30.5 Å². The van der Waals surface area contributed by atoms with Gasteiger partial charge in [0, 0.05) is 51.0 Å². The largest absolute Gasteiger partial charge is 0.325 e. The Kier molecular flexibility index (Phi) is 5.80.